The van der Waals surface area contributed by atoms with Gasteiger partial charge in [-0.3, -0.25) is 5.41 Å². The monoisotopic (exact) mass is 487 g/mol. The molecule has 1 aromatic heterocycles. The molecule has 0 spiro atoms. The highest BCUT2D eigenvalue weighted by Gasteiger charge is 2.27. The number of anilines is 2. The van der Waals surface area contributed by atoms with Crippen LogP contribution in [0.25, 0.3) is 0 Å². The van der Waals surface area contributed by atoms with E-state index in [4.69, 9.17) is 20.8 Å². The third-order valence-electron chi connectivity index (χ3n) is 5.18. The first-order valence-corrected chi connectivity index (χ1v) is 8.71. The standard InChI is InChI=1S/C21H19N5O.HI.H2/c1-26(19-7-3-14-8-13(10-22)2-5-16(14)19)15-4-6-18(23)17(9-15)21(24)20-11-25-12-27-20;;/h2,4-6,8-9,11-12,19,24H,3,7,23H2,1H3;2*1H/t19-;;/m1../s1. The lowest BCUT2D eigenvalue weighted by molar-refractivity contribution is 0.548. The molecule has 6 nitrogen and oxygen atoms in total. The van der Waals surface area contributed by atoms with Crippen molar-refractivity contribution in [2.75, 3.05) is 17.7 Å². The number of hydrogen-bond donors (Lipinski definition) is 2. The SMILES string of the molecule is CN(c1ccc(N)c(C(=N)c2cnco2)c1)[C@@H]1CCc2cc(C#N)ccc21.I.[HH]. The number of halogens is 1. The van der Waals surface area contributed by atoms with Crippen LogP contribution in [0.15, 0.2) is 53.4 Å². The van der Waals surface area contributed by atoms with E-state index in [0.717, 1.165) is 18.5 Å². The summed E-state index contributed by atoms with van der Waals surface area (Å²) in [5.41, 5.74) is 11.6. The van der Waals surface area contributed by atoms with Crippen LogP contribution in [0, 0.1) is 16.7 Å². The maximum absolute atomic E-state index is 9.10. The number of nitrogen functional groups attached to an aromatic ring is 1. The molecule has 1 heterocycles. The Morgan fingerprint density at radius 2 is 2.18 bits per heavy atom. The molecular weight excluding hydrogens is 465 g/mol. The van der Waals surface area contributed by atoms with Crippen molar-refractivity contribution in [3.63, 3.8) is 0 Å². The number of hydrogen-bond acceptors (Lipinski definition) is 6. The molecule has 0 saturated heterocycles. The lowest BCUT2D eigenvalue weighted by atomic mass is 10.0. The second-order valence-corrected chi connectivity index (χ2v) is 6.70. The van der Waals surface area contributed by atoms with Crippen molar-refractivity contribution in [2.24, 2.45) is 0 Å². The highest BCUT2D eigenvalue weighted by Crippen LogP contribution is 2.38. The largest absolute Gasteiger partial charge is 0.442 e. The smallest absolute Gasteiger partial charge is 0.181 e. The fourth-order valence-corrected chi connectivity index (χ4v) is 3.70. The first-order chi connectivity index (χ1) is 13.1. The Morgan fingerprint density at radius 1 is 1.36 bits per heavy atom. The minimum absolute atomic E-state index is 0. The zero-order valence-corrected chi connectivity index (χ0v) is 17.7. The van der Waals surface area contributed by atoms with E-state index >= 15 is 0 Å². The van der Waals surface area contributed by atoms with Gasteiger partial charge in [0.05, 0.1) is 23.9 Å². The van der Waals surface area contributed by atoms with E-state index in [0.29, 0.717) is 22.6 Å². The summed E-state index contributed by atoms with van der Waals surface area (Å²) in [5.74, 6) is 0.386. The number of aromatic nitrogens is 1. The molecule has 28 heavy (non-hydrogen) atoms. The molecule has 144 valence electrons. The van der Waals surface area contributed by atoms with Gasteiger partial charge in [-0.25, -0.2) is 4.98 Å². The van der Waals surface area contributed by atoms with Crippen LogP contribution in [0.3, 0.4) is 0 Å². The van der Waals surface area contributed by atoms with Crippen molar-refractivity contribution in [3.05, 3.63) is 77.0 Å². The molecule has 0 saturated carbocycles. The quantitative estimate of drug-likeness (QED) is 0.320. The predicted octanol–water partition coefficient (Wildman–Crippen LogP) is 4.53. The minimum atomic E-state index is 0. The Bertz CT molecular complexity index is 1060. The molecule has 1 aliphatic carbocycles. The van der Waals surface area contributed by atoms with Crippen LogP contribution in [0.5, 0.6) is 0 Å². The fourth-order valence-electron chi connectivity index (χ4n) is 3.70. The Morgan fingerprint density at radius 3 is 2.89 bits per heavy atom. The van der Waals surface area contributed by atoms with Crippen molar-refractivity contribution in [1.29, 1.82) is 10.7 Å². The van der Waals surface area contributed by atoms with E-state index in [-0.39, 0.29) is 37.2 Å². The third kappa shape index (κ3) is 3.47. The van der Waals surface area contributed by atoms with Gasteiger partial charge in [0.1, 0.15) is 5.71 Å². The molecule has 1 atom stereocenters. The second kappa shape index (κ2) is 8.02. The Labute approximate surface area is 182 Å². The number of fused-ring (bicyclic) bond motifs is 1. The molecule has 0 bridgehead atoms. The van der Waals surface area contributed by atoms with Crippen LogP contribution in [0.1, 0.15) is 41.9 Å². The van der Waals surface area contributed by atoms with E-state index in [9.17, 15) is 0 Å². The van der Waals surface area contributed by atoms with Crippen molar-refractivity contribution in [2.45, 2.75) is 18.9 Å². The zero-order chi connectivity index (χ0) is 19.0. The van der Waals surface area contributed by atoms with E-state index in [1.54, 1.807) is 0 Å². The summed E-state index contributed by atoms with van der Waals surface area (Å²) in [6.45, 7) is 0. The Balaban J connectivity index is 0.00000150. The van der Waals surface area contributed by atoms with Gasteiger partial charge in [-0.1, -0.05) is 6.07 Å². The average Bonchev–Trinajstić information content (AvgIpc) is 3.36. The Kier molecular flexibility index (Phi) is 5.70. The number of nitriles is 1. The number of rotatable bonds is 4. The van der Waals surface area contributed by atoms with Crippen LogP contribution in [0.4, 0.5) is 11.4 Å². The molecule has 0 aliphatic heterocycles. The van der Waals surface area contributed by atoms with Crippen LogP contribution >= 0.6 is 24.0 Å². The Hall–Kier alpha value is -2.86. The molecular formula is C21H22IN5O. The highest BCUT2D eigenvalue weighted by molar-refractivity contribution is 14.0. The van der Waals surface area contributed by atoms with Crippen molar-refractivity contribution < 1.29 is 5.84 Å². The molecule has 7 heteroatoms. The van der Waals surface area contributed by atoms with Gasteiger partial charge in [-0.05, 0) is 54.3 Å². The summed E-state index contributed by atoms with van der Waals surface area (Å²) in [5, 5.41) is 17.5. The molecule has 1 aliphatic rings. The number of aryl methyl sites for hydroxylation is 1. The number of nitrogens with zero attached hydrogens (tertiary/aromatic N) is 3. The van der Waals surface area contributed by atoms with Gasteiger partial charge in [-0.2, -0.15) is 5.26 Å². The van der Waals surface area contributed by atoms with Crippen molar-refractivity contribution in [3.8, 4) is 6.07 Å². The molecule has 3 N–H and O–H groups in total. The fraction of sp³-hybridized carbons (Fsp3) is 0.190. The number of nitrogens with two attached hydrogens (primary N) is 1. The minimum Gasteiger partial charge on any atom is -0.442 e. The summed E-state index contributed by atoms with van der Waals surface area (Å²) >= 11 is 0. The number of nitrogens with one attached hydrogen (secondary N) is 1. The number of oxazole rings is 1. The van der Waals surface area contributed by atoms with Crippen LogP contribution in [-0.4, -0.2) is 17.7 Å². The van der Waals surface area contributed by atoms with Gasteiger partial charge in [-0.15, -0.1) is 24.0 Å². The third-order valence-corrected chi connectivity index (χ3v) is 5.18. The first kappa shape index (κ1) is 19.9. The number of benzene rings is 2. The maximum Gasteiger partial charge on any atom is 0.181 e. The highest BCUT2D eigenvalue weighted by atomic mass is 127. The normalized spacial score (nSPS) is 14.6. The molecule has 2 aromatic carbocycles. The van der Waals surface area contributed by atoms with Gasteiger partial charge in [0.25, 0.3) is 0 Å². The summed E-state index contributed by atoms with van der Waals surface area (Å²) in [6, 6.07) is 14.0. The van der Waals surface area contributed by atoms with Gasteiger partial charge in [0.15, 0.2) is 12.2 Å². The van der Waals surface area contributed by atoms with Crippen molar-refractivity contribution >= 4 is 41.1 Å². The van der Waals surface area contributed by atoms with E-state index in [1.165, 1.54) is 23.7 Å². The maximum atomic E-state index is 9.10. The molecule has 0 radical (unpaired) electrons. The van der Waals surface area contributed by atoms with E-state index in [1.807, 2.05) is 37.4 Å². The predicted molar refractivity (Wildman–Crippen MR) is 121 cm³/mol. The van der Waals surface area contributed by atoms with Gasteiger partial charge < -0.3 is 15.1 Å². The van der Waals surface area contributed by atoms with E-state index < -0.39 is 0 Å². The summed E-state index contributed by atoms with van der Waals surface area (Å²) in [4.78, 5) is 6.08. The summed E-state index contributed by atoms with van der Waals surface area (Å²) < 4.78 is 5.24. The van der Waals surface area contributed by atoms with Crippen LogP contribution in [0.2, 0.25) is 0 Å². The van der Waals surface area contributed by atoms with E-state index in [2.05, 4.69) is 22.0 Å². The molecule has 0 fully saturated rings. The van der Waals surface area contributed by atoms with Gasteiger partial charge in [0.2, 0.25) is 0 Å². The molecule has 3 aromatic rings. The van der Waals surface area contributed by atoms with Crippen LogP contribution in [-0.2, 0) is 6.42 Å². The summed E-state index contributed by atoms with van der Waals surface area (Å²) in [6.07, 6.45) is 4.76. The summed E-state index contributed by atoms with van der Waals surface area (Å²) in [7, 11) is 2.05. The molecule has 4 rings (SSSR count). The van der Waals surface area contributed by atoms with Crippen LogP contribution < -0.4 is 10.6 Å². The second-order valence-electron chi connectivity index (χ2n) is 6.70. The molecule has 0 amide bonds. The molecule has 0 unspecified atom stereocenters. The van der Waals surface area contributed by atoms with Gasteiger partial charge in [0, 0.05) is 25.4 Å². The average molecular weight is 487 g/mol. The first-order valence-electron chi connectivity index (χ1n) is 8.71. The van der Waals surface area contributed by atoms with Crippen molar-refractivity contribution in [1.82, 2.24) is 4.98 Å². The topological polar surface area (TPSA) is 103 Å². The lowest BCUT2D eigenvalue weighted by Crippen LogP contribution is -2.22. The van der Waals surface area contributed by atoms with Gasteiger partial charge >= 0.3 is 0 Å². The zero-order valence-electron chi connectivity index (χ0n) is 15.3. The lowest BCUT2D eigenvalue weighted by Gasteiger charge is -2.28.